The summed E-state index contributed by atoms with van der Waals surface area (Å²) in [7, 11) is 0. The standard InChI is InChI=1S/C19H26N4O2.ClH/c1-2-5-14-16-13(17(24)22-19(11-20)8-3-4-9-19)10-15(12-6-7-12)21-18(16)25-23-14;/h10,12H,2-9,11,20H2,1H3,(H,22,24);1H. The Hall–Kier alpha value is -1.66. The number of nitrogens with two attached hydrogens (primary N) is 1. The van der Waals surface area contributed by atoms with E-state index in [1.807, 2.05) is 6.07 Å². The second-order valence-electron chi connectivity index (χ2n) is 7.57. The number of fused-ring (bicyclic) bond motifs is 1. The number of aromatic nitrogens is 2. The number of nitrogens with one attached hydrogen (secondary N) is 1. The summed E-state index contributed by atoms with van der Waals surface area (Å²) in [4.78, 5) is 17.8. The zero-order chi connectivity index (χ0) is 17.4. The lowest BCUT2D eigenvalue weighted by Crippen LogP contribution is -2.51. The Bertz CT molecular complexity index is 794. The molecule has 2 aliphatic rings. The van der Waals surface area contributed by atoms with Crippen LogP contribution in [0.2, 0.25) is 0 Å². The van der Waals surface area contributed by atoms with E-state index >= 15 is 0 Å². The highest BCUT2D eigenvalue weighted by molar-refractivity contribution is 6.06. The maximum absolute atomic E-state index is 13.2. The number of pyridine rings is 1. The molecule has 26 heavy (non-hydrogen) atoms. The number of nitrogens with zero attached hydrogens (tertiary/aromatic N) is 2. The molecule has 2 heterocycles. The average Bonchev–Trinajstić information content (AvgIpc) is 3.25. The van der Waals surface area contributed by atoms with Gasteiger partial charge in [0.25, 0.3) is 11.6 Å². The van der Waals surface area contributed by atoms with Crippen LogP contribution in [0.3, 0.4) is 0 Å². The number of hydrogen-bond acceptors (Lipinski definition) is 5. The maximum atomic E-state index is 13.2. The number of halogens is 1. The van der Waals surface area contributed by atoms with Crippen molar-refractivity contribution in [2.75, 3.05) is 6.54 Å². The fraction of sp³-hybridized carbons (Fsp3) is 0.632. The minimum Gasteiger partial charge on any atom is -0.345 e. The van der Waals surface area contributed by atoms with E-state index in [2.05, 4.69) is 22.4 Å². The molecule has 3 N–H and O–H groups in total. The second-order valence-corrected chi connectivity index (χ2v) is 7.57. The molecule has 0 saturated heterocycles. The monoisotopic (exact) mass is 378 g/mol. The van der Waals surface area contributed by atoms with Gasteiger partial charge in [0.05, 0.1) is 22.2 Å². The molecule has 2 aliphatic carbocycles. The van der Waals surface area contributed by atoms with E-state index in [0.717, 1.165) is 68.1 Å². The van der Waals surface area contributed by atoms with Crippen molar-refractivity contribution in [3.05, 3.63) is 23.0 Å². The second kappa shape index (κ2) is 7.53. The molecule has 6 nitrogen and oxygen atoms in total. The maximum Gasteiger partial charge on any atom is 0.259 e. The summed E-state index contributed by atoms with van der Waals surface area (Å²) >= 11 is 0. The van der Waals surface area contributed by atoms with Gasteiger partial charge in [0.2, 0.25) is 0 Å². The van der Waals surface area contributed by atoms with Crippen molar-refractivity contribution in [2.24, 2.45) is 5.73 Å². The molecule has 7 heteroatoms. The van der Waals surface area contributed by atoms with Gasteiger partial charge in [0.1, 0.15) is 0 Å². The van der Waals surface area contributed by atoms with Crippen LogP contribution in [0.5, 0.6) is 0 Å². The zero-order valence-electron chi connectivity index (χ0n) is 15.2. The molecular weight excluding hydrogens is 352 g/mol. The highest BCUT2D eigenvalue weighted by Gasteiger charge is 2.35. The molecule has 0 bridgehead atoms. The molecule has 0 atom stereocenters. The molecule has 2 aromatic rings. The van der Waals surface area contributed by atoms with Gasteiger partial charge < -0.3 is 15.6 Å². The van der Waals surface area contributed by atoms with Crippen LogP contribution in [0.4, 0.5) is 0 Å². The van der Waals surface area contributed by atoms with Gasteiger partial charge in [-0.3, -0.25) is 4.79 Å². The summed E-state index contributed by atoms with van der Waals surface area (Å²) in [5.74, 6) is 0.382. The molecule has 0 aliphatic heterocycles. The van der Waals surface area contributed by atoms with Crippen LogP contribution < -0.4 is 11.1 Å². The zero-order valence-corrected chi connectivity index (χ0v) is 16.0. The van der Waals surface area contributed by atoms with Gasteiger partial charge in [-0.1, -0.05) is 31.3 Å². The van der Waals surface area contributed by atoms with E-state index < -0.39 is 0 Å². The molecule has 2 fully saturated rings. The van der Waals surface area contributed by atoms with Gasteiger partial charge >= 0.3 is 0 Å². The first-order chi connectivity index (χ1) is 12.2. The van der Waals surface area contributed by atoms with Gasteiger partial charge in [-0.2, -0.15) is 0 Å². The van der Waals surface area contributed by atoms with Crippen molar-refractivity contribution in [3.8, 4) is 0 Å². The third-order valence-electron chi connectivity index (χ3n) is 5.59. The molecular formula is C19H27ClN4O2. The lowest BCUT2D eigenvalue weighted by Gasteiger charge is -2.28. The van der Waals surface area contributed by atoms with Crippen LogP contribution in [-0.2, 0) is 6.42 Å². The van der Waals surface area contributed by atoms with Gasteiger partial charge in [-0.05, 0) is 38.2 Å². The van der Waals surface area contributed by atoms with Gasteiger partial charge in [-0.25, -0.2) is 4.98 Å². The quantitative estimate of drug-likeness (QED) is 0.802. The molecule has 142 valence electrons. The fourth-order valence-corrected chi connectivity index (χ4v) is 3.94. The molecule has 0 aromatic carbocycles. The topological polar surface area (TPSA) is 94.0 Å². The molecule has 2 saturated carbocycles. The molecule has 0 unspecified atom stereocenters. The van der Waals surface area contributed by atoms with Crippen molar-refractivity contribution >= 4 is 29.4 Å². The van der Waals surface area contributed by atoms with Crippen molar-refractivity contribution < 1.29 is 9.32 Å². The Morgan fingerprint density at radius 2 is 2.12 bits per heavy atom. The number of carbonyl (C=O) groups excluding carboxylic acids is 1. The number of amides is 1. The van der Waals surface area contributed by atoms with Gasteiger partial charge in [0.15, 0.2) is 0 Å². The Morgan fingerprint density at radius 1 is 1.38 bits per heavy atom. The Labute approximate surface area is 159 Å². The van der Waals surface area contributed by atoms with Crippen molar-refractivity contribution in [2.45, 2.75) is 69.7 Å². The molecule has 1 amide bonds. The summed E-state index contributed by atoms with van der Waals surface area (Å²) < 4.78 is 5.47. The van der Waals surface area contributed by atoms with Crippen LogP contribution in [-0.4, -0.2) is 28.1 Å². The average molecular weight is 379 g/mol. The lowest BCUT2D eigenvalue weighted by molar-refractivity contribution is 0.0904. The highest BCUT2D eigenvalue weighted by Crippen LogP contribution is 2.40. The van der Waals surface area contributed by atoms with Crippen LogP contribution in [0.25, 0.3) is 11.1 Å². The van der Waals surface area contributed by atoms with E-state index in [1.54, 1.807) is 0 Å². The fourth-order valence-electron chi connectivity index (χ4n) is 3.94. The van der Waals surface area contributed by atoms with Crippen molar-refractivity contribution in [1.29, 1.82) is 0 Å². The van der Waals surface area contributed by atoms with E-state index in [1.165, 1.54) is 0 Å². The largest absolute Gasteiger partial charge is 0.345 e. The number of rotatable bonds is 6. The van der Waals surface area contributed by atoms with Gasteiger partial charge in [0, 0.05) is 18.2 Å². The Balaban J connectivity index is 0.00000196. The normalized spacial score (nSPS) is 18.7. The van der Waals surface area contributed by atoms with Crippen LogP contribution in [0.1, 0.15) is 79.5 Å². The van der Waals surface area contributed by atoms with E-state index in [-0.39, 0.29) is 23.9 Å². The summed E-state index contributed by atoms with van der Waals surface area (Å²) in [6.45, 7) is 2.57. The predicted octanol–water partition coefficient (Wildman–Crippen LogP) is 3.48. The lowest BCUT2D eigenvalue weighted by atomic mass is 9.96. The summed E-state index contributed by atoms with van der Waals surface area (Å²) in [6, 6.07) is 1.95. The van der Waals surface area contributed by atoms with Gasteiger partial charge in [-0.15, -0.1) is 12.4 Å². The van der Waals surface area contributed by atoms with Crippen LogP contribution in [0.15, 0.2) is 10.6 Å². The Morgan fingerprint density at radius 3 is 2.73 bits per heavy atom. The van der Waals surface area contributed by atoms with E-state index in [9.17, 15) is 4.79 Å². The molecule has 4 rings (SSSR count). The third-order valence-corrected chi connectivity index (χ3v) is 5.59. The Kier molecular flexibility index (Phi) is 5.53. The molecule has 0 spiro atoms. The first-order valence-electron chi connectivity index (χ1n) is 9.47. The van der Waals surface area contributed by atoms with Crippen LogP contribution in [0, 0.1) is 0 Å². The van der Waals surface area contributed by atoms with E-state index in [0.29, 0.717) is 23.7 Å². The summed E-state index contributed by atoms with van der Waals surface area (Å²) in [5.41, 5.74) is 8.64. The predicted molar refractivity (Wildman–Crippen MR) is 103 cm³/mol. The molecule has 2 aromatic heterocycles. The van der Waals surface area contributed by atoms with Crippen molar-refractivity contribution in [1.82, 2.24) is 15.5 Å². The summed E-state index contributed by atoms with van der Waals surface area (Å²) in [5, 5.41) is 8.18. The first kappa shape index (κ1) is 19.1. The smallest absolute Gasteiger partial charge is 0.259 e. The van der Waals surface area contributed by atoms with Crippen molar-refractivity contribution in [3.63, 3.8) is 0 Å². The van der Waals surface area contributed by atoms with E-state index in [4.69, 9.17) is 10.3 Å². The first-order valence-corrected chi connectivity index (χ1v) is 9.47. The minimum absolute atomic E-state index is 0. The minimum atomic E-state index is -0.269. The highest BCUT2D eigenvalue weighted by atomic mass is 35.5. The third kappa shape index (κ3) is 3.45. The number of hydrogen-bond donors (Lipinski definition) is 2. The SMILES string of the molecule is CCCc1noc2nc(C3CC3)cc(C(=O)NC3(CN)CCCC3)c12.Cl. The summed E-state index contributed by atoms with van der Waals surface area (Å²) in [6.07, 6.45) is 8.11. The number of carbonyl (C=O) groups is 1. The number of aryl methyl sites for hydroxylation is 1. The van der Waals surface area contributed by atoms with Crippen LogP contribution >= 0.6 is 12.4 Å². The molecule has 0 radical (unpaired) electrons.